The summed E-state index contributed by atoms with van der Waals surface area (Å²) in [5, 5.41) is 3.20. The standard InChI is InChI=1S/C14H28N2O/c1-4-14(5-2,10-15)13(17)16-11(3)12-8-6-7-9-12/h11-12H,4-10,15H2,1-3H3,(H,16,17). The molecular weight excluding hydrogens is 212 g/mol. The second-order valence-electron chi connectivity index (χ2n) is 5.50. The molecule has 0 bridgehead atoms. The van der Waals surface area contributed by atoms with Crippen molar-refractivity contribution < 1.29 is 4.79 Å². The first-order valence-electron chi connectivity index (χ1n) is 7.10. The summed E-state index contributed by atoms with van der Waals surface area (Å²) in [4.78, 5) is 12.3. The molecule has 3 N–H and O–H groups in total. The molecule has 1 saturated carbocycles. The van der Waals surface area contributed by atoms with Gasteiger partial charge in [0.15, 0.2) is 0 Å². The topological polar surface area (TPSA) is 55.1 Å². The zero-order chi connectivity index (χ0) is 12.9. The van der Waals surface area contributed by atoms with E-state index in [1.165, 1.54) is 25.7 Å². The Kier molecular flexibility index (Phi) is 5.44. The van der Waals surface area contributed by atoms with Gasteiger partial charge in [-0.3, -0.25) is 4.79 Å². The third kappa shape index (κ3) is 3.21. The fourth-order valence-corrected chi connectivity index (χ4v) is 2.89. The largest absolute Gasteiger partial charge is 0.353 e. The molecule has 1 fully saturated rings. The number of carbonyl (C=O) groups excluding carboxylic acids is 1. The van der Waals surface area contributed by atoms with Gasteiger partial charge < -0.3 is 11.1 Å². The fraction of sp³-hybridized carbons (Fsp3) is 0.929. The number of carbonyl (C=O) groups is 1. The van der Waals surface area contributed by atoms with Crippen LogP contribution in [0.5, 0.6) is 0 Å². The molecule has 17 heavy (non-hydrogen) atoms. The quantitative estimate of drug-likeness (QED) is 0.749. The van der Waals surface area contributed by atoms with Crippen molar-refractivity contribution in [2.75, 3.05) is 6.54 Å². The van der Waals surface area contributed by atoms with Gasteiger partial charge in [-0.05, 0) is 38.5 Å². The summed E-state index contributed by atoms with van der Waals surface area (Å²) in [6.07, 6.45) is 6.79. The van der Waals surface area contributed by atoms with Crippen LogP contribution < -0.4 is 11.1 Å². The highest BCUT2D eigenvalue weighted by Gasteiger charge is 2.35. The van der Waals surface area contributed by atoms with Crippen molar-refractivity contribution >= 4 is 5.91 Å². The molecule has 0 radical (unpaired) electrons. The first kappa shape index (κ1) is 14.5. The summed E-state index contributed by atoms with van der Waals surface area (Å²) in [6.45, 7) is 6.69. The lowest BCUT2D eigenvalue weighted by molar-refractivity contribution is -0.132. The predicted molar refractivity (Wildman–Crippen MR) is 71.6 cm³/mol. The van der Waals surface area contributed by atoms with E-state index in [1.807, 2.05) is 0 Å². The molecule has 0 aromatic carbocycles. The van der Waals surface area contributed by atoms with Crippen LogP contribution in [0, 0.1) is 11.3 Å². The molecule has 1 atom stereocenters. The van der Waals surface area contributed by atoms with Crippen LogP contribution in [-0.4, -0.2) is 18.5 Å². The van der Waals surface area contributed by atoms with Crippen molar-refractivity contribution in [2.45, 2.75) is 65.3 Å². The van der Waals surface area contributed by atoms with Crippen LogP contribution in [0.1, 0.15) is 59.3 Å². The zero-order valence-electron chi connectivity index (χ0n) is 11.6. The Bertz CT molecular complexity index is 234. The molecule has 1 aliphatic rings. The molecule has 0 heterocycles. The molecule has 0 saturated heterocycles. The zero-order valence-corrected chi connectivity index (χ0v) is 11.6. The van der Waals surface area contributed by atoms with Crippen LogP contribution in [0.25, 0.3) is 0 Å². The SMILES string of the molecule is CCC(CC)(CN)C(=O)NC(C)C1CCCC1. The molecule has 1 amide bonds. The Morgan fingerprint density at radius 2 is 1.88 bits per heavy atom. The van der Waals surface area contributed by atoms with Gasteiger partial charge in [0.1, 0.15) is 0 Å². The van der Waals surface area contributed by atoms with E-state index in [4.69, 9.17) is 5.73 Å². The Hall–Kier alpha value is -0.570. The lowest BCUT2D eigenvalue weighted by Gasteiger charge is -2.31. The minimum absolute atomic E-state index is 0.157. The summed E-state index contributed by atoms with van der Waals surface area (Å²) in [5.41, 5.74) is 5.44. The van der Waals surface area contributed by atoms with Crippen LogP contribution in [0.3, 0.4) is 0 Å². The number of nitrogens with one attached hydrogen (secondary N) is 1. The molecule has 0 spiro atoms. The highest BCUT2D eigenvalue weighted by molar-refractivity contribution is 5.83. The Labute approximate surface area is 106 Å². The Balaban J connectivity index is 2.56. The van der Waals surface area contributed by atoms with E-state index in [1.54, 1.807) is 0 Å². The summed E-state index contributed by atoms with van der Waals surface area (Å²) >= 11 is 0. The van der Waals surface area contributed by atoms with E-state index in [2.05, 4.69) is 26.1 Å². The molecular formula is C14H28N2O. The third-order valence-electron chi connectivity index (χ3n) is 4.69. The van der Waals surface area contributed by atoms with E-state index in [0.717, 1.165) is 12.8 Å². The van der Waals surface area contributed by atoms with Gasteiger partial charge >= 0.3 is 0 Å². The van der Waals surface area contributed by atoms with Crippen molar-refractivity contribution in [1.29, 1.82) is 0 Å². The van der Waals surface area contributed by atoms with Crippen LogP contribution in [0.2, 0.25) is 0 Å². The highest BCUT2D eigenvalue weighted by Crippen LogP contribution is 2.29. The molecule has 1 unspecified atom stereocenters. The van der Waals surface area contributed by atoms with Gasteiger partial charge in [-0.25, -0.2) is 0 Å². The second-order valence-corrected chi connectivity index (χ2v) is 5.50. The van der Waals surface area contributed by atoms with Crippen LogP contribution >= 0.6 is 0 Å². The average molecular weight is 240 g/mol. The first-order valence-corrected chi connectivity index (χ1v) is 7.10. The van der Waals surface area contributed by atoms with Gasteiger partial charge in [-0.1, -0.05) is 26.7 Å². The van der Waals surface area contributed by atoms with Crippen molar-refractivity contribution in [3.63, 3.8) is 0 Å². The van der Waals surface area contributed by atoms with E-state index < -0.39 is 0 Å². The fourth-order valence-electron chi connectivity index (χ4n) is 2.89. The van der Waals surface area contributed by atoms with Gasteiger partial charge in [0, 0.05) is 12.6 Å². The highest BCUT2D eigenvalue weighted by atomic mass is 16.2. The van der Waals surface area contributed by atoms with Crippen molar-refractivity contribution in [1.82, 2.24) is 5.32 Å². The molecule has 3 heteroatoms. The molecule has 0 aromatic rings. The van der Waals surface area contributed by atoms with Gasteiger partial charge in [-0.2, -0.15) is 0 Å². The van der Waals surface area contributed by atoms with E-state index in [-0.39, 0.29) is 11.3 Å². The predicted octanol–water partition coefficient (Wildman–Crippen LogP) is 2.45. The summed E-state index contributed by atoms with van der Waals surface area (Å²) in [5.74, 6) is 0.826. The van der Waals surface area contributed by atoms with Gasteiger partial charge in [0.25, 0.3) is 0 Å². The van der Waals surface area contributed by atoms with Gasteiger partial charge in [-0.15, -0.1) is 0 Å². The number of rotatable bonds is 6. The lowest BCUT2D eigenvalue weighted by atomic mass is 9.81. The molecule has 1 rings (SSSR count). The number of hydrogen-bond acceptors (Lipinski definition) is 2. The molecule has 1 aliphatic carbocycles. The maximum atomic E-state index is 12.3. The first-order chi connectivity index (χ1) is 8.09. The van der Waals surface area contributed by atoms with E-state index in [0.29, 0.717) is 18.5 Å². The number of nitrogens with two attached hydrogens (primary N) is 1. The maximum Gasteiger partial charge on any atom is 0.227 e. The van der Waals surface area contributed by atoms with E-state index >= 15 is 0 Å². The lowest BCUT2D eigenvalue weighted by Crippen LogP contribution is -2.49. The summed E-state index contributed by atoms with van der Waals surface area (Å²) < 4.78 is 0. The minimum Gasteiger partial charge on any atom is -0.353 e. The number of hydrogen-bond donors (Lipinski definition) is 2. The van der Waals surface area contributed by atoms with Crippen LogP contribution in [-0.2, 0) is 4.79 Å². The second kappa shape index (κ2) is 6.39. The average Bonchev–Trinajstić information content (AvgIpc) is 2.85. The molecule has 0 aliphatic heterocycles. The van der Waals surface area contributed by atoms with Crippen molar-refractivity contribution in [2.24, 2.45) is 17.1 Å². The monoisotopic (exact) mass is 240 g/mol. The van der Waals surface area contributed by atoms with Gasteiger partial charge in [0.2, 0.25) is 5.91 Å². The summed E-state index contributed by atoms with van der Waals surface area (Å²) in [7, 11) is 0. The molecule has 3 nitrogen and oxygen atoms in total. The smallest absolute Gasteiger partial charge is 0.227 e. The molecule has 0 aromatic heterocycles. The molecule has 100 valence electrons. The van der Waals surface area contributed by atoms with Crippen molar-refractivity contribution in [3.8, 4) is 0 Å². The number of amides is 1. The normalized spacial score (nSPS) is 19.3. The van der Waals surface area contributed by atoms with Gasteiger partial charge in [0.05, 0.1) is 5.41 Å². The Morgan fingerprint density at radius 1 is 1.35 bits per heavy atom. The van der Waals surface area contributed by atoms with Crippen LogP contribution in [0.4, 0.5) is 0 Å². The van der Waals surface area contributed by atoms with E-state index in [9.17, 15) is 4.79 Å². The summed E-state index contributed by atoms with van der Waals surface area (Å²) in [6, 6.07) is 0.300. The minimum atomic E-state index is -0.354. The van der Waals surface area contributed by atoms with Crippen molar-refractivity contribution in [3.05, 3.63) is 0 Å². The third-order valence-corrected chi connectivity index (χ3v) is 4.69. The Morgan fingerprint density at radius 3 is 2.29 bits per heavy atom. The maximum absolute atomic E-state index is 12.3. The van der Waals surface area contributed by atoms with Crippen LogP contribution in [0.15, 0.2) is 0 Å².